The standard InChI is InChI=1S/C16H16ClN3O/c17-13-7-5-12(6-8-13)14-10-18-16(19-14)20-15(21)9-11-3-1-2-4-11/h1,3,5-8,10-11H,2,4,9H2,(H2,18,19,20,21). The number of carbonyl (C=O) groups is 1. The zero-order valence-electron chi connectivity index (χ0n) is 11.5. The molecule has 1 aromatic heterocycles. The van der Waals surface area contributed by atoms with Crippen LogP contribution in [0.2, 0.25) is 5.02 Å². The predicted molar refractivity (Wildman–Crippen MR) is 84.1 cm³/mol. The van der Waals surface area contributed by atoms with Crippen LogP contribution in [0.15, 0.2) is 42.6 Å². The topological polar surface area (TPSA) is 57.8 Å². The van der Waals surface area contributed by atoms with Gasteiger partial charge in [0.15, 0.2) is 0 Å². The first-order chi connectivity index (χ1) is 10.2. The molecule has 0 aliphatic heterocycles. The quantitative estimate of drug-likeness (QED) is 0.838. The molecule has 3 rings (SSSR count). The van der Waals surface area contributed by atoms with Gasteiger partial charge >= 0.3 is 0 Å². The first-order valence-electron chi connectivity index (χ1n) is 6.98. The number of benzene rings is 1. The number of carbonyl (C=O) groups excluding carboxylic acids is 1. The van der Waals surface area contributed by atoms with E-state index < -0.39 is 0 Å². The molecule has 0 saturated carbocycles. The maximum atomic E-state index is 11.9. The monoisotopic (exact) mass is 301 g/mol. The summed E-state index contributed by atoms with van der Waals surface area (Å²) in [7, 11) is 0. The summed E-state index contributed by atoms with van der Waals surface area (Å²) in [6, 6.07) is 7.46. The molecule has 1 atom stereocenters. The minimum absolute atomic E-state index is 0.0106. The Morgan fingerprint density at radius 3 is 2.90 bits per heavy atom. The molecule has 1 aliphatic rings. The molecule has 0 bridgehead atoms. The summed E-state index contributed by atoms with van der Waals surface area (Å²) in [6.45, 7) is 0. The maximum Gasteiger partial charge on any atom is 0.227 e. The Hall–Kier alpha value is -2.07. The Morgan fingerprint density at radius 2 is 2.19 bits per heavy atom. The van der Waals surface area contributed by atoms with Crippen LogP contribution in [0.1, 0.15) is 19.3 Å². The predicted octanol–water partition coefficient (Wildman–Crippen LogP) is 4.02. The molecule has 2 aromatic rings. The highest BCUT2D eigenvalue weighted by molar-refractivity contribution is 6.30. The summed E-state index contributed by atoms with van der Waals surface area (Å²) in [5.41, 5.74) is 1.83. The van der Waals surface area contributed by atoms with Crippen molar-refractivity contribution in [2.75, 3.05) is 5.32 Å². The van der Waals surface area contributed by atoms with Gasteiger partial charge in [-0.2, -0.15) is 0 Å². The van der Waals surface area contributed by atoms with Crippen LogP contribution >= 0.6 is 11.6 Å². The van der Waals surface area contributed by atoms with Crippen LogP contribution in [0.4, 0.5) is 5.95 Å². The van der Waals surface area contributed by atoms with Gasteiger partial charge in [-0.25, -0.2) is 4.98 Å². The Labute approximate surface area is 128 Å². The molecule has 1 aromatic carbocycles. The Morgan fingerprint density at radius 1 is 1.38 bits per heavy atom. The van der Waals surface area contributed by atoms with E-state index in [2.05, 4.69) is 27.4 Å². The van der Waals surface area contributed by atoms with Crippen LogP contribution in [-0.4, -0.2) is 15.9 Å². The molecule has 0 radical (unpaired) electrons. The van der Waals surface area contributed by atoms with Crippen LogP contribution in [0, 0.1) is 5.92 Å². The van der Waals surface area contributed by atoms with Crippen LogP contribution in [0.5, 0.6) is 0 Å². The van der Waals surface area contributed by atoms with E-state index in [9.17, 15) is 4.79 Å². The van der Waals surface area contributed by atoms with Gasteiger partial charge in [0, 0.05) is 11.4 Å². The van der Waals surface area contributed by atoms with Gasteiger partial charge in [-0.3, -0.25) is 10.1 Å². The van der Waals surface area contributed by atoms with Crippen molar-refractivity contribution in [1.82, 2.24) is 9.97 Å². The molecule has 1 unspecified atom stereocenters. The molecular formula is C16H16ClN3O. The molecule has 1 aliphatic carbocycles. The van der Waals surface area contributed by atoms with E-state index in [1.165, 1.54) is 0 Å². The molecular weight excluding hydrogens is 286 g/mol. The Kier molecular flexibility index (Phi) is 4.06. The average molecular weight is 302 g/mol. The summed E-state index contributed by atoms with van der Waals surface area (Å²) in [5.74, 6) is 0.825. The van der Waals surface area contributed by atoms with E-state index in [0.717, 1.165) is 24.1 Å². The first-order valence-corrected chi connectivity index (χ1v) is 7.36. The third-order valence-electron chi connectivity index (χ3n) is 3.55. The second-order valence-corrected chi connectivity index (χ2v) is 5.61. The van der Waals surface area contributed by atoms with E-state index in [1.807, 2.05) is 24.3 Å². The van der Waals surface area contributed by atoms with E-state index in [0.29, 0.717) is 23.3 Å². The van der Waals surface area contributed by atoms with E-state index in [4.69, 9.17) is 11.6 Å². The zero-order chi connectivity index (χ0) is 14.7. The van der Waals surface area contributed by atoms with Crippen LogP contribution in [-0.2, 0) is 4.79 Å². The zero-order valence-corrected chi connectivity index (χ0v) is 12.2. The third kappa shape index (κ3) is 3.52. The fourth-order valence-electron chi connectivity index (χ4n) is 2.45. The SMILES string of the molecule is O=C(CC1C=CCC1)Nc1ncc(-c2ccc(Cl)cc2)[nH]1. The highest BCUT2D eigenvalue weighted by atomic mass is 35.5. The van der Waals surface area contributed by atoms with Crippen molar-refractivity contribution < 1.29 is 4.79 Å². The van der Waals surface area contributed by atoms with Crippen molar-refractivity contribution in [2.24, 2.45) is 5.92 Å². The smallest absolute Gasteiger partial charge is 0.227 e. The number of aromatic amines is 1. The van der Waals surface area contributed by atoms with Gasteiger partial charge in [-0.15, -0.1) is 0 Å². The first kappa shape index (κ1) is 13.9. The summed E-state index contributed by atoms with van der Waals surface area (Å²) < 4.78 is 0. The van der Waals surface area contributed by atoms with Gasteiger partial charge in [0.2, 0.25) is 11.9 Å². The number of rotatable bonds is 4. The lowest BCUT2D eigenvalue weighted by molar-refractivity contribution is -0.116. The molecule has 1 amide bonds. The number of aromatic nitrogens is 2. The summed E-state index contributed by atoms with van der Waals surface area (Å²) in [5, 5.41) is 3.50. The van der Waals surface area contributed by atoms with Crippen LogP contribution in [0.3, 0.4) is 0 Å². The molecule has 0 fully saturated rings. The third-order valence-corrected chi connectivity index (χ3v) is 3.80. The molecule has 0 spiro atoms. The van der Waals surface area contributed by atoms with Gasteiger partial charge in [0.25, 0.3) is 0 Å². The van der Waals surface area contributed by atoms with Crippen molar-refractivity contribution in [3.05, 3.63) is 47.6 Å². The average Bonchev–Trinajstić information content (AvgIpc) is 3.11. The molecule has 2 N–H and O–H groups in total. The number of imidazole rings is 1. The minimum atomic E-state index is -0.0106. The number of allylic oxidation sites excluding steroid dienone is 2. The number of hydrogen-bond donors (Lipinski definition) is 2. The second kappa shape index (κ2) is 6.14. The highest BCUT2D eigenvalue weighted by Gasteiger charge is 2.15. The van der Waals surface area contributed by atoms with Gasteiger partial charge in [-0.1, -0.05) is 35.9 Å². The largest absolute Gasteiger partial charge is 0.324 e. The minimum Gasteiger partial charge on any atom is -0.324 e. The second-order valence-electron chi connectivity index (χ2n) is 5.17. The van der Waals surface area contributed by atoms with Crippen molar-refractivity contribution in [2.45, 2.75) is 19.3 Å². The fourth-order valence-corrected chi connectivity index (χ4v) is 2.57. The maximum absolute atomic E-state index is 11.9. The summed E-state index contributed by atoms with van der Waals surface area (Å²) >= 11 is 5.87. The van der Waals surface area contributed by atoms with Crippen LogP contribution in [0.25, 0.3) is 11.3 Å². The number of nitrogens with one attached hydrogen (secondary N) is 2. The lowest BCUT2D eigenvalue weighted by Gasteiger charge is -2.06. The summed E-state index contributed by atoms with van der Waals surface area (Å²) in [4.78, 5) is 19.2. The highest BCUT2D eigenvalue weighted by Crippen LogP contribution is 2.22. The normalized spacial score (nSPS) is 17.1. The molecule has 4 nitrogen and oxygen atoms in total. The van der Waals surface area contributed by atoms with Crippen LogP contribution < -0.4 is 5.32 Å². The number of H-pyrrole nitrogens is 1. The fraction of sp³-hybridized carbons (Fsp3) is 0.250. The van der Waals surface area contributed by atoms with Crippen molar-refractivity contribution in [3.8, 4) is 11.3 Å². The number of halogens is 1. The van der Waals surface area contributed by atoms with E-state index in [-0.39, 0.29) is 5.91 Å². The van der Waals surface area contributed by atoms with Gasteiger partial charge < -0.3 is 4.98 Å². The van der Waals surface area contributed by atoms with E-state index >= 15 is 0 Å². The molecule has 108 valence electrons. The van der Waals surface area contributed by atoms with Gasteiger partial charge in [-0.05, 0) is 36.5 Å². The molecule has 1 heterocycles. The van der Waals surface area contributed by atoms with Gasteiger partial charge in [0.05, 0.1) is 11.9 Å². The van der Waals surface area contributed by atoms with Crippen molar-refractivity contribution >= 4 is 23.5 Å². The van der Waals surface area contributed by atoms with Crippen molar-refractivity contribution in [3.63, 3.8) is 0 Å². The number of nitrogens with zero attached hydrogens (tertiary/aromatic N) is 1. The number of amides is 1. The Bertz CT molecular complexity index is 660. The van der Waals surface area contributed by atoms with Gasteiger partial charge in [0.1, 0.15) is 0 Å². The summed E-state index contributed by atoms with van der Waals surface area (Å²) in [6.07, 6.45) is 8.58. The molecule has 0 saturated heterocycles. The molecule has 5 heteroatoms. The number of hydrogen-bond acceptors (Lipinski definition) is 2. The number of anilines is 1. The lowest BCUT2D eigenvalue weighted by atomic mass is 10.1. The van der Waals surface area contributed by atoms with Crippen molar-refractivity contribution in [1.29, 1.82) is 0 Å². The Balaban J connectivity index is 1.63. The lowest BCUT2D eigenvalue weighted by Crippen LogP contribution is -2.15. The van der Waals surface area contributed by atoms with E-state index in [1.54, 1.807) is 6.20 Å². The molecule has 21 heavy (non-hydrogen) atoms.